The smallest absolute Gasteiger partial charge is 0.378 e. The van der Waals surface area contributed by atoms with Crippen molar-refractivity contribution < 1.29 is 31.1 Å². The first-order valence-electron chi connectivity index (χ1n) is 7.98. The van der Waals surface area contributed by atoms with Crippen LogP contribution in [0.3, 0.4) is 0 Å². The van der Waals surface area contributed by atoms with Gasteiger partial charge in [0.1, 0.15) is 0 Å². The Kier molecular flexibility index (Phi) is 5.13. The lowest BCUT2D eigenvalue weighted by atomic mass is 10.2. The molecule has 11 heteroatoms. The number of urea groups is 1. The van der Waals surface area contributed by atoms with Crippen molar-refractivity contribution in [3.05, 3.63) is 29.8 Å². The fraction of sp³-hybridized carbons (Fsp3) is 0.533. The van der Waals surface area contributed by atoms with Crippen LogP contribution in [0.4, 0.5) is 18.0 Å². The Hall–Kier alpha value is -1.85. The minimum absolute atomic E-state index is 0.0364. The van der Waals surface area contributed by atoms with E-state index in [9.17, 15) is 26.4 Å². The van der Waals surface area contributed by atoms with Crippen LogP contribution < -0.4 is 0 Å². The Morgan fingerprint density at radius 3 is 2.38 bits per heavy atom. The minimum Gasteiger partial charge on any atom is -0.378 e. The molecule has 0 unspecified atom stereocenters. The molecule has 1 aromatic rings. The van der Waals surface area contributed by atoms with Crippen LogP contribution in [0.15, 0.2) is 29.2 Å². The van der Waals surface area contributed by atoms with Crippen molar-refractivity contribution in [1.29, 1.82) is 0 Å². The lowest BCUT2D eigenvalue weighted by Crippen LogP contribution is -2.48. The first-order chi connectivity index (χ1) is 12.2. The summed E-state index contributed by atoms with van der Waals surface area (Å²) in [4.78, 5) is 14.9. The Morgan fingerprint density at radius 2 is 1.73 bits per heavy atom. The number of nitrogens with zero attached hydrogens (tertiary/aromatic N) is 3. The largest absolute Gasteiger partial charge is 0.416 e. The second-order valence-electron chi connectivity index (χ2n) is 5.99. The van der Waals surface area contributed by atoms with Gasteiger partial charge in [0.25, 0.3) is 0 Å². The van der Waals surface area contributed by atoms with Gasteiger partial charge in [-0.1, -0.05) is 6.07 Å². The van der Waals surface area contributed by atoms with E-state index in [-0.39, 0.29) is 25.8 Å². The number of carbonyl (C=O) groups is 1. The zero-order valence-corrected chi connectivity index (χ0v) is 14.6. The molecule has 2 fully saturated rings. The topological polar surface area (TPSA) is 70.2 Å². The summed E-state index contributed by atoms with van der Waals surface area (Å²) in [5.74, 6) is 0. The molecular formula is C15H18F3N3O4S. The van der Waals surface area contributed by atoms with Gasteiger partial charge in [-0.2, -0.15) is 17.5 Å². The Balaban J connectivity index is 1.74. The molecule has 7 nitrogen and oxygen atoms in total. The molecule has 144 valence electrons. The maximum absolute atomic E-state index is 12.8. The van der Waals surface area contributed by atoms with Crippen LogP contribution in [-0.2, 0) is 20.9 Å². The Morgan fingerprint density at radius 1 is 1.04 bits per heavy atom. The molecule has 0 saturated carbocycles. The van der Waals surface area contributed by atoms with Gasteiger partial charge in [-0.15, -0.1) is 0 Å². The summed E-state index contributed by atoms with van der Waals surface area (Å²) in [6.07, 6.45) is -4.63. The normalized spacial score (nSPS) is 19.8. The SMILES string of the molecule is O=C(N1CCOCC1)N1CCN(S(=O)(=O)c2cccc(C(F)(F)F)c2)C1. The number of hydrogen-bond acceptors (Lipinski definition) is 4. The van der Waals surface area contributed by atoms with E-state index in [0.29, 0.717) is 32.4 Å². The van der Waals surface area contributed by atoms with Gasteiger partial charge in [0, 0.05) is 26.2 Å². The average molecular weight is 393 g/mol. The maximum atomic E-state index is 12.8. The van der Waals surface area contributed by atoms with E-state index in [1.807, 2.05) is 0 Å². The first-order valence-corrected chi connectivity index (χ1v) is 9.42. The second kappa shape index (κ2) is 7.05. The number of benzene rings is 1. The van der Waals surface area contributed by atoms with Crippen LogP contribution in [0, 0.1) is 0 Å². The molecule has 0 radical (unpaired) electrons. The van der Waals surface area contributed by atoms with Gasteiger partial charge in [-0.05, 0) is 18.2 Å². The van der Waals surface area contributed by atoms with Crippen molar-refractivity contribution in [2.45, 2.75) is 11.1 Å². The minimum atomic E-state index is -4.63. The number of sulfonamides is 1. The van der Waals surface area contributed by atoms with Gasteiger partial charge >= 0.3 is 12.2 Å². The average Bonchev–Trinajstić information content (AvgIpc) is 3.12. The highest BCUT2D eigenvalue weighted by molar-refractivity contribution is 7.89. The zero-order chi connectivity index (χ0) is 18.9. The quantitative estimate of drug-likeness (QED) is 0.762. The molecule has 0 aliphatic carbocycles. The van der Waals surface area contributed by atoms with E-state index in [2.05, 4.69) is 0 Å². The number of morpholine rings is 1. The molecule has 2 aliphatic heterocycles. The van der Waals surface area contributed by atoms with E-state index in [1.165, 1.54) is 4.90 Å². The summed E-state index contributed by atoms with van der Waals surface area (Å²) in [6, 6.07) is 3.31. The first kappa shape index (κ1) is 18.9. The fourth-order valence-electron chi connectivity index (χ4n) is 2.85. The standard InChI is InChI=1S/C15H18F3N3O4S/c16-15(17,18)12-2-1-3-13(10-12)26(23,24)21-5-4-20(11-21)14(22)19-6-8-25-9-7-19/h1-3,10H,4-9,11H2. The van der Waals surface area contributed by atoms with Gasteiger partial charge < -0.3 is 14.5 Å². The fourth-order valence-corrected chi connectivity index (χ4v) is 4.29. The van der Waals surface area contributed by atoms with Gasteiger partial charge in [-0.3, -0.25) is 0 Å². The molecule has 2 amide bonds. The number of hydrogen-bond donors (Lipinski definition) is 0. The highest BCUT2D eigenvalue weighted by Gasteiger charge is 2.37. The highest BCUT2D eigenvalue weighted by atomic mass is 32.2. The van der Waals surface area contributed by atoms with Gasteiger partial charge in [0.15, 0.2) is 0 Å². The van der Waals surface area contributed by atoms with E-state index < -0.39 is 26.7 Å². The highest BCUT2D eigenvalue weighted by Crippen LogP contribution is 2.31. The molecule has 0 bridgehead atoms. The number of alkyl halides is 3. The molecular weight excluding hydrogens is 375 g/mol. The zero-order valence-electron chi connectivity index (χ0n) is 13.8. The van der Waals surface area contributed by atoms with Crippen LogP contribution in [0.25, 0.3) is 0 Å². The summed E-state index contributed by atoms with van der Waals surface area (Å²) in [5, 5.41) is 0. The van der Waals surface area contributed by atoms with Crippen molar-refractivity contribution in [3.8, 4) is 0 Å². The van der Waals surface area contributed by atoms with E-state index >= 15 is 0 Å². The number of carbonyl (C=O) groups excluding carboxylic acids is 1. The summed E-state index contributed by atoms with van der Waals surface area (Å²) in [5.41, 5.74) is -1.03. The van der Waals surface area contributed by atoms with E-state index in [1.54, 1.807) is 4.90 Å². The van der Waals surface area contributed by atoms with Crippen LogP contribution in [0.1, 0.15) is 5.56 Å². The number of ether oxygens (including phenoxy) is 1. The lowest BCUT2D eigenvalue weighted by Gasteiger charge is -2.30. The molecule has 26 heavy (non-hydrogen) atoms. The third kappa shape index (κ3) is 3.79. The van der Waals surface area contributed by atoms with Crippen LogP contribution >= 0.6 is 0 Å². The number of rotatable bonds is 2. The van der Waals surface area contributed by atoms with Gasteiger partial charge in [0.2, 0.25) is 10.0 Å². The van der Waals surface area contributed by atoms with Crippen molar-refractivity contribution in [1.82, 2.24) is 14.1 Å². The lowest BCUT2D eigenvalue weighted by molar-refractivity contribution is -0.137. The molecule has 0 N–H and O–H groups in total. The van der Waals surface area contributed by atoms with Crippen LogP contribution in [0.2, 0.25) is 0 Å². The summed E-state index contributed by atoms with van der Waals surface area (Å²) in [7, 11) is -4.12. The molecule has 0 aromatic heterocycles. The van der Waals surface area contributed by atoms with Crippen molar-refractivity contribution in [2.75, 3.05) is 46.1 Å². The Labute approximate surface area is 149 Å². The molecule has 3 rings (SSSR count). The Bertz CT molecular complexity index is 779. The van der Waals surface area contributed by atoms with E-state index in [4.69, 9.17) is 4.74 Å². The third-order valence-corrected chi connectivity index (χ3v) is 6.13. The third-order valence-electron chi connectivity index (χ3n) is 4.30. The van der Waals surface area contributed by atoms with Gasteiger partial charge in [0.05, 0.1) is 30.3 Å². The predicted molar refractivity (Wildman–Crippen MR) is 84.7 cm³/mol. The summed E-state index contributed by atoms with van der Waals surface area (Å²) < 4.78 is 70.0. The van der Waals surface area contributed by atoms with Crippen LogP contribution in [0.5, 0.6) is 0 Å². The van der Waals surface area contributed by atoms with Crippen LogP contribution in [-0.4, -0.2) is 74.6 Å². The van der Waals surface area contributed by atoms with E-state index in [0.717, 1.165) is 22.5 Å². The van der Waals surface area contributed by atoms with Crippen molar-refractivity contribution >= 4 is 16.1 Å². The predicted octanol–water partition coefficient (Wildman–Crippen LogP) is 1.42. The molecule has 2 aliphatic rings. The summed E-state index contributed by atoms with van der Waals surface area (Å²) >= 11 is 0. The maximum Gasteiger partial charge on any atom is 0.416 e. The van der Waals surface area contributed by atoms with Gasteiger partial charge in [-0.25, -0.2) is 13.2 Å². The number of amides is 2. The van der Waals surface area contributed by atoms with Crippen molar-refractivity contribution in [2.24, 2.45) is 0 Å². The monoisotopic (exact) mass is 393 g/mol. The molecule has 2 saturated heterocycles. The summed E-state index contributed by atoms with van der Waals surface area (Å²) in [6.45, 7) is 1.74. The molecule has 0 atom stereocenters. The number of halogens is 3. The molecule has 0 spiro atoms. The second-order valence-corrected chi connectivity index (χ2v) is 7.93. The molecule has 2 heterocycles. The molecule has 1 aromatic carbocycles. The van der Waals surface area contributed by atoms with Crippen molar-refractivity contribution in [3.63, 3.8) is 0 Å².